The molecule has 1 heteroatoms. The molecule has 13 heavy (non-hydrogen) atoms. The van der Waals surface area contributed by atoms with E-state index in [2.05, 4.69) is 13.8 Å². The Bertz CT molecular complexity index is 318. The predicted molar refractivity (Wildman–Crippen MR) is 53.5 cm³/mol. The number of allylic oxidation sites excluding steroid dienone is 4. The molecule has 0 aromatic heterocycles. The van der Waals surface area contributed by atoms with Crippen molar-refractivity contribution in [2.45, 2.75) is 46.0 Å². The van der Waals surface area contributed by atoms with Gasteiger partial charge in [-0.2, -0.15) is 0 Å². The summed E-state index contributed by atoms with van der Waals surface area (Å²) in [6.45, 7) is 4.36. The highest BCUT2D eigenvalue weighted by molar-refractivity contribution is 5.99. The van der Waals surface area contributed by atoms with Gasteiger partial charge in [0.05, 0.1) is 0 Å². The molecular formula is C12H16O. The van der Waals surface area contributed by atoms with Crippen molar-refractivity contribution in [3.8, 4) is 0 Å². The molecule has 0 N–H and O–H groups in total. The highest BCUT2D eigenvalue weighted by atomic mass is 16.1. The van der Waals surface area contributed by atoms with Crippen molar-refractivity contribution in [1.82, 2.24) is 0 Å². The highest BCUT2D eigenvalue weighted by Gasteiger charge is 2.27. The molecule has 0 fully saturated rings. The minimum Gasteiger partial charge on any atom is -0.295 e. The molecule has 0 spiro atoms. The molecule has 70 valence electrons. The highest BCUT2D eigenvalue weighted by Crippen LogP contribution is 2.40. The molecule has 0 atom stereocenters. The van der Waals surface area contributed by atoms with E-state index >= 15 is 0 Å². The molecule has 0 saturated carbocycles. The zero-order chi connectivity index (χ0) is 9.42. The molecule has 0 bridgehead atoms. The van der Waals surface area contributed by atoms with Crippen molar-refractivity contribution in [1.29, 1.82) is 0 Å². The van der Waals surface area contributed by atoms with Crippen molar-refractivity contribution >= 4 is 5.78 Å². The van der Waals surface area contributed by atoms with Crippen LogP contribution in [0.1, 0.15) is 46.0 Å². The maximum absolute atomic E-state index is 11.6. The van der Waals surface area contributed by atoms with E-state index in [1.54, 1.807) is 0 Å². The van der Waals surface area contributed by atoms with E-state index in [4.69, 9.17) is 0 Å². The van der Waals surface area contributed by atoms with Crippen LogP contribution in [0.5, 0.6) is 0 Å². The fraction of sp³-hybridized carbons (Fsp3) is 0.583. The lowest BCUT2D eigenvalue weighted by Gasteiger charge is -2.14. The maximum atomic E-state index is 11.6. The molecule has 0 aromatic rings. The summed E-state index contributed by atoms with van der Waals surface area (Å²) in [7, 11) is 0. The summed E-state index contributed by atoms with van der Waals surface area (Å²) in [5, 5.41) is 0. The van der Waals surface area contributed by atoms with Crippen LogP contribution in [0, 0.1) is 0 Å². The summed E-state index contributed by atoms with van der Waals surface area (Å²) in [6.07, 6.45) is 5.02. The molecule has 2 aliphatic rings. The molecular weight excluding hydrogens is 160 g/mol. The number of hydrogen-bond donors (Lipinski definition) is 0. The Labute approximate surface area is 79.5 Å². The first-order chi connectivity index (χ1) is 6.24. The van der Waals surface area contributed by atoms with E-state index in [-0.39, 0.29) is 0 Å². The van der Waals surface area contributed by atoms with Crippen LogP contribution in [0.25, 0.3) is 0 Å². The van der Waals surface area contributed by atoms with Crippen LogP contribution in [0.2, 0.25) is 0 Å². The second-order valence-corrected chi connectivity index (χ2v) is 4.02. The first-order valence-electron chi connectivity index (χ1n) is 5.18. The number of ketones is 1. The molecule has 2 rings (SSSR count). The van der Waals surface area contributed by atoms with Gasteiger partial charge in [0.2, 0.25) is 0 Å². The summed E-state index contributed by atoms with van der Waals surface area (Å²) >= 11 is 0. The predicted octanol–water partition coefficient (Wildman–Crippen LogP) is 3.17. The average molecular weight is 176 g/mol. The average Bonchev–Trinajstić information content (AvgIpc) is 2.43. The van der Waals surface area contributed by atoms with Gasteiger partial charge in [0.25, 0.3) is 0 Å². The summed E-state index contributed by atoms with van der Waals surface area (Å²) in [5.41, 5.74) is 5.45. The van der Waals surface area contributed by atoms with Gasteiger partial charge in [-0.15, -0.1) is 0 Å². The molecule has 1 nitrogen and oxygen atoms in total. The third-order valence-electron chi connectivity index (χ3n) is 3.21. The topological polar surface area (TPSA) is 17.1 Å². The minimum absolute atomic E-state index is 0.407. The molecule has 0 amide bonds. The smallest absolute Gasteiger partial charge is 0.159 e. The first-order valence-corrected chi connectivity index (χ1v) is 5.18. The van der Waals surface area contributed by atoms with Crippen molar-refractivity contribution in [2.24, 2.45) is 0 Å². The third-order valence-corrected chi connectivity index (χ3v) is 3.21. The Kier molecular flexibility index (Phi) is 2.10. The number of rotatable bonds is 1. The minimum atomic E-state index is 0.407. The number of carbonyl (C=O) groups is 1. The van der Waals surface area contributed by atoms with Gasteiger partial charge < -0.3 is 0 Å². The molecule has 0 heterocycles. The molecule has 0 aromatic carbocycles. The number of carbonyl (C=O) groups excluding carboxylic acids is 1. The van der Waals surface area contributed by atoms with Gasteiger partial charge in [-0.1, -0.05) is 12.5 Å². The second-order valence-electron chi connectivity index (χ2n) is 4.02. The summed E-state index contributed by atoms with van der Waals surface area (Å²) in [4.78, 5) is 11.6. The Morgan fingerprint density at radius 2 is 2.00 bits per heavy atom. The normalized spacial score (nSPS) is 22.8. The fourth-order valence-corrected chi connectivity index (χ4v) is 2.58. The third kappa shape index (κ3) is 1.27. The lowest BCUT2D eigenvalue weighted by molar-refractivity contribution is -0.116. The Hall–Kier alpha value is -0.850. The van der Waals surface area contributed by atoms with Gasteiger partial charge in [0, 0.05) is 12.0 Å². The largest absolute Gasteiger partial charge is 0.295 e. The van der Waals surface area contributed by atoms with E-state index < -0.39 is 0 Å². The van der Waals surface area contributed by atoms with Crippen LogP contribution in [0.15, 0.2) is 22.3 Å². The van der Waals surface area contributed by atoms with E-state index in [1.165, 1.54) is 16.7 Å². The van der Waals surface area contributed by atoms with Gasteiger partial charge in [-0.25, -0.2) is 0 Å². The van der Waals surface area contributed by atoms with Crippen LogP contribution >= 0.6 is 0 Å². The van der Waals surface area contributed by atoms with Crippen LogP contribution in [0.3, 0.4) is 0 Å². The standard InChI is InChI=1S/C12H16O/c1-3-9-8(2)7-11-10(9)5-4-6-12(11)13/h3-7H2,1-2H3. The number of hydrogen-bond acceptors (Lipinski definition) is 1. The molecule has 0 unspecified atom stereocenters. The van der Waals surface area contributed by atoms with Crippen molar-refractivity contribution < 1.29 is 4.79 Å². The molecule has 0 radical (unpaired) electrons. The summed E-state index contributed by atoms with van der Waals surface area (Å²) < 4.78 is 0. The zero-order valence-electron chi connectivity index (χ0n) is 8.44. The lowest BCUT2D eigenvalue weighted by Crippen LogP contribution is -2.09. The van der Waals surface area contributed by atoms with Gasteiger partial charge in [-0.3, -0.25) is 4.79 Å². The van der Waals surface area contributed by atoms with Crippen molar-refractivity contribution in [3.63, 3.8) is 0 Å². The van der Waals surface area contributed by atoms with Crippen molar-refractivity contribution in [3.05, 3.63) is 22.3 Å². The molecule has 0 aliphatic heterocycles. The van der Waals surface area contributed by atoms with E-state index in [0.717, 1.165) is 37.7 Å². The van der Waals surface area contributed by atoms with Crippen LogP contribution in [0.4, 0.5) is 0 Å². The van der Waals surface area contributed by atoms with Crippen LogP contribution in [-0.4, -0.2) is 5.78 Å². The van der Waals surface area contributed by atoms with E-state index in [9.17, 15) is 4.79 Å². The quantitative estimate of drug-likeness (QED) is 0.599. The molecule has 2 aliphatic carbocycles. The fourth-order valence-electron chi connectivity index (χ4n) is 2.58. The zero-order valence-corrected chi connectivity index (χ0v) is 8.44. The Morgan fingerprint density at radius 3 is 2.69 bits per heavy atom. The second kappa shape index (κ2) is 3.13. The van der Waals surface area contributed by atoms with Crippen molar-refractivity contribution in [2.75, 3.05) is 0 Å². The van der Waals surface area contributed by atoms with Gasteiger partial charge in [0.15, 0.2) is 5.78 Å². The summed E-state index contributed by atoms with van der Waals surface area (Å²) in [6, 6.07) is 0. The van der Waals surface area contributed by atoms with E-state index in [0.29, 0.717) is 5.78 Å². The monoisotopic (exact) mass is 176 g/mol. The van der Waals surface area contributed by atoms with E-state index in [1.807, 2.05) is 0 Å². The maximum Gasteiger partial charge on any atom is 0.159 e. The van der Waals surface area contributed by atoms with Gasteiger partial charge >= 0.3 is 0 Å². The Morgan fingerprint density at radius 1 is 1.23 bits per heavy atom. The lowest BCUT2D eigenvalue weighted by atomic mass is 9.89. The number of Topliss-reactive ketones (excluding diaryl/α,β-unsaturated/α-hetero) is 1. The molecule has 0 saturated heterocycles. The van der Waals surface area contributed by atoms with Crippen LogP contribution < -0.4 is 0 Å². The van der Waals surface area contributed by atoms with Crippen LogP contribution in [-0.2, 0) is 4.79 Å². The Balaban J connectivity index is 2.39. The summed E-state index contributed by atoms with van der Waals surface area (Å²) in [5.74, 6) is 0.407. The SMILES string of the molecule is CCC1=C(C)CC2=C1CCCC2=O. The van der Waals surface area contributed by atoms with Gasteiger partial charge in [0.1, 0.15) is 0 Å². The van der Waals surface area contributed by atoms with Gasteiger partial charge in [-0.05, 0) is 43.8 Å². The first kappa shape index (κ1) is 8.74.